The van der Waals surface area contributed by atoms with Crippen LogP contribution >= 0.6 is 0 Å². The molecule has 0 saturated carbocycles. The van der Waals surface area contributed by atoms with Gasteiger partial charge < -0.3 is 33.3 Å². The Hall–Kier alpha value is -4.98. The van der Waals surface area contributed by atoms with Gasteiger partial charge in [-0.1, -0.05) is 81.4 Å². The summed E-state index contributed by atoms with van der Waals surface area (Å²) < 4.78 is 35.5. The average molecular weight is 688 g/mol. The second kappa shape index (κ2) is 15.9. The van der Waals surface area contributed by atoms with E-state index in [1.807, 2.05) is 72.8 Å². The first-order valence-corrected chi connectivity index (χ1v) is 17.4. The van der Waals surface area contributed by atoms with Crippen LogP contribution in [0.15, 0.2) is 121 Å². The largest absolute Gasteiger partial charge is 0.497 e. The molecule has 7 nitrogen and oxygen atoms in total. The van der Waals surface area contributed by atoms with Crippen molar-refractivity contribution in [1.82, 2.24) is 0 Å². The second-order valence-corrected chi connectivity index (χ2v) is 13.9. The van der Waals surface area contributed by atoms with Crippen molar-refractivity contribution in [2.45, 2.75) is 63.7 Å². The van der Waals surface area contributed by atoms with E-state index in [4.69, 9.17) is 28.4 Å². The number of methoxy groups -OCH3 is 4. The molecular formula is C44H49NO6. The third-order valence-electron chi connectivity index (χ3n) is 9.69. The van der Waals surface area contributed by atoms with Gasteiger partial charge in [-0.15, -0.1) is 0 Å². The number of nitrogens with zero attached hydrogens (tertiary/aromatic N) is 1. The molecule has 4 atom stereocenters. The standard InChI is InChI=1S/C44H49NO6/c1-44(2,3)34-16-18-35(19-17-34)45-40(32-12-24-38(25-13-32)50-28-30-8-20-36(46-4)21-9-30)42(48-6)43(49-7)41(45)33-14-26-39(27-15-33)51-29-31-10-22-37(47-5)23-11-31/h8-27,40-43H,28-29H2,1-7H3/t40-,41?,42+,43+/m1/s1. The first-order valence-electron chi connectivity index (χ1n) is 17.4. The maximum absolute atomic E-state index is 6.30. The van der Waals surface area contributed by atoms with Crippen molar-refractivity contribution in [3.05, 3.63) is 149 Å². The molecule has 0 aromatic heterocycles. The zero-order chi connectivity index (χ0) is 36.0. The van der Waals surface area contributed by atoms with Gasteiger partial charge in [-0.3, -0.25) is 0 Å². The molecule has 266 valence electrons. The number of hydrogen-bond donors (Lipinski definition) is 0. The number of rotatable bonds is 13. The Morgan fingerprint density at radius 2 is 0.843 bits per heavy atom. The highest BCUT2D eigenvalue weighted by atomic mass is 16.5. The number of anilines is 1. The lowest BCUT2D eigenvalue weighted by molar-refractivity contribution is -0.0288. The fourth-order valence-corrected chi connectivity index (χ4v) is 6.83. The van der Waals surface area contributed by atoms with Gasteiger partial charge in [0.05, 0.1) is 26.3 Å². The molecule has 0 N–H and O–H groups in total. The number of benzene rings is 5. The average Bonchev–Trinajstić information content (AvgIpc) is 3.51. The normalized spacial score (nSPS) is 18.8. The molecule has 1 unspecified atom stereocenters. The van der Waals surface area contributed by atoms with E-state index in [0.717, 1.165) is 50.9 Å². The van der Waals surface area contributed by atoms with Crippen LogP contribution in [0.4, 0.5) is 5.69 Å². The van der Waals surface area contributed by atoms with E-state index in [9.17, 15) is 0 Å². The molecule has 0 amide bonds. The molecule has 5 aromatic carbocycles. The molecule has 1 saturated heterocycles. The van der Waals surface area contributed by atoms with Crippen molar-refractivity contribution in [1.29, 1.82) is 0 Å². The van der Waals surface area contributed by atoms with Gasteiger partial charge in [0.25, 0.3) is 0 Å². The van der Waals surface area contributed by atoms with E-state index in [2.05, 4.69) is 74.2 Å². The fourth-order valence-electron chi connectivity index (χ4n) is 6.83. The van der Waals surface area contributed by atoms with Crippen molar-refractivity contribution >= 4 is 5.69 Å². The van der Waals surface area contributed by atoms with Crippen LogP contribution in [0, 0.1) is 0 Å². The maximum atomic E-state index is 6.30. The van der Waals surface area contributed by atoms with Gasteiger partial charge in [-0.2, -0.15) is 0 Å². The van der Waals surface area contributed by atoms with Gasteiger partial charge in [-0.25, -0.2) is 0 Å². The summed E-state index contributed by atoms with van der Waals surface area (Å²) in [5, 5.41) is 0. The highest BCUT2D eigenvalue weighted by molar-refractivity contribution is 5.57. The van der Waals surface area contributed by atoms with Crippen molar-refractivity contribution < 1.29 is 28.4 Å². The van der Waals surface area contributed by atoms with Gasteiger partial charge in [0, 0.05) is 19.9 Å². The Kier molecular flexibility index (Phi) is 11.2. The van der Waals surface area contributed by atoms with Crippen LogP contribution in [-0.2, 0) is 28.1 Å². The molecule has 6 rings (SSSR count). The smallest absolute Gasteiger partial charge is 0.119 e. The summed E-state index contributed by atoms with van der Waals surface area (Å²) in [7, 11) is 6.88. The highest BCUT2D eigenvalue weighted by Gasteiger charge is 2.51. The van der Waals surface area contributed by atoms with E-state index in [1.165, 1.54) is 5.56 Å². The van der Waals surface area contributed by atoms with Crippen LogP contribution in [-0.4, -0.2) is 40.6 Å². The zero-order valence-electron chi connectivity index (χ0n) is 30.7. The lowest BCUT2D eigenvalue weighted by atomic mass is 9.87. The Balaban J connectivity index is 1.29. The van der Waals surface area contributed by atoms with Crippen molar-refractivity contribution in [2.24, 2.45) is 0 Å². The minimum Gasteiger partial charge on any atom is -0.497 e. The van der Waals surface area contributed by atoms with E-state index in [1.54, 1.807) is 28.4 Å². The number of hydrogen-bond acceptors (Lipinski definition) is 7. The molecule has 0 radical (unpaired) electrons. The van der Waals surface area contributed by atoms with Crippen molar-refractivity contribution in [2.75, 3.05) is 33.3 Å². The quantitative estimate of drug-likeness (QED) is 0.122. The summed E-state index contributed by atoms with van der Waals surface area (Å²) in [6, 6.07) is 41.2. The molecule has 0 spiro atoms. The summed E-state index contributed by atoms with van der Waals surface area (Å²) >= 11 is 0. The monoisotopic (exact) mass is 687 g/mol. The zero-order valence-corrected chi connectivity index (χ0v) is 30.7. The Labute approximate surface area is 302 Å². The summed E-state index contributed by atoms with van der Waals surface area (Å²) in [5.74, 6) is 3.25. The van der Waals surface area contributed by atoms with Gasteiger partial charge in [0.15, 0.2) is 0 Å². The fraction of sp³-hybridized carbons (Fsp3) is 0.318. The number of ether oxygens (including phenoxy) is 6. The molecule has 1 aliphatic heterocycles. The van der Waals surface area contributed by atoms with E-state index < -0.39 is 0 Å². The molecule has 1 heterocycles. The molecule has 0 bridgehead atoms. The predicted molar refractivity (Wildman–Crippen MR) is 202 cm³/mol. The SMILES string of the molecule is COc1ccc(COc2ccc(C3[C@H](OC)[C@@H](OC)[C@@H](c4ccc(OCc5ccc(OC)cc5)cc4)N3c3ccc(C(C)(C)C)cc3)cc2)cc1. The van der Waals surface area contributed by atoms with Crippen LogP contribution in [0.2, 0.25) is 0 Å². The van der Waals surface area contributed by atoms with Gasteiger partial charge >= 0.3 is 0 Å². The van der Waals surface area contributed by atoms with Crippen molar-refractivity contribution in [3.63, 3.8) is 0 Å². The highest BCUT2D eigenvalue weighted by Crippen LogP contribution is 2.50. The van der Waals surface area contributed by atoms with Crippen LogP contribution in [0.5, 0.6) is 23.0 Å². The molecule has 1 fully saturated rings. The topological polar surface area (TPSA) is 58.6 Å². The molecular weight excluding hydrogens is 638 g/mol. The molecule has 7 heteroatoms. The van der Waals surface area contributed by atoms with E-state index >= 15 is 0 Å². The van der Waals surface area contributed by atoms with E-state index in [0.29, 0.717) is 13.2 Å². The maximum Gasteiger partial charge on any atom is 0.119 e. The summed E-state index contributed by atoms with van der Waals surface area (Å²) in [4.78, 5) is 2.45. The Morgan fingerprint density at radius 1 is 0.471 bits per heavy atom. The van der Waals surface area contributed by atoms with E-state index in [-0.39, 0.29) is 29.7 Å². The minimum absolute atomic E-state index is 0.0375. The molecule has 0 aliphatic carbocycles. The lowest BCUT2D eigenvalue weighted by Gasteiger charge is -2.34. The third-order valence-corrected chi connectivity index (χ3v) is 9.69. The van der Waals surface area contributed by atoms with Crippen LogP contribution in [0.1, 0.15) is 60.7 Å². The van der Waals surface area contributed by atoms with Crippen LogP contribution in [0.3, 0.4) is 0 Å². The van der Waals surface area contributed by atoms with Gasteiger partial charge in [0.1, 0.15) is 48.4 Å². The molecule has 51 heavy (non-hydrogen) atoms. The summed E-state index contributed by atoms with van der Waals surface area (Å²) in [6.45, 7) is 7.65. The third kappa shape index (κ3) is 8.16. The first kappa shape index (κ1) is 35.8. The van der Waals surface area contributed by atoms with Gasteiger partial charge in [0.2, 0.25) is 0 Å². The molecule has 1 aliphatic rings. The van der Waals surface area contributed by atoms with Crippen molar-refractivity contribution in [3.8, 4) is 23.0 Å². The predicted octanol–water partition coefficient (Wildman–Crippen LogP) is 9.49. The van der Waals surface area contributed by atoms with Crippen LogP contribution in [0.25, 0.3) is 0 Å². The van der Waals surface area contributed by atoms with Gasteiger partial charge in [-0.05, 0) is 93.9 Å². The van der Waals surface area contributed by atoms with Crippen LogP contribution < -0.4 is 23.8 Å². The Bertz CT molecular complexity index is 1710. The Morgan fingerprint density at radius 3 is 1.18 bits per heavy atom. The first-order chi connectivity index (χ1) is 24.7. The summed E-state index contributed by atoms with van der Waals surface area (Å²) in [5.41, 5.74) is 6.78. The molecule has 5 aromatic rings. The summed E-state index contributed by atoms with van der Waals surface area (Å²) in [6.07, 6.45) is -0.501. The lowest BCUT2D eigenvalue weighted by Crippen LogP contribution is -2.31. The second-order valence-electron chi connectivity index (χ2n) is 13.9. The minimum atomic E-state index is -0.251.